The second-order valence-electron chi connectivity index (χ2n) is 8.18. The highest BCUT2D eigenvalue weighted by molar-refractivity contribution is 7.17. The van der Waals surface area contributed by atoms with Crippen molar-refractivity contribution in [2.24, 2.45) is 0 Å². The maximum absolute atomic E-state index is 13.2. The molecule has 0 saturated heterocycles. The van der Waals surface area contributed by atoms with Gasteiger partial charge in [-0.2, -0.15) is 0 Å². The van der Waals surface area contributed by atoms with Gasteiger partial charge in [0.25, 0.3) is 5.91 Å². The number of carbonyl (C=O) groups excluding carboxylic acids is 1. The van der Waals surface area contributed by atoms with Crippen molar-refractivity contribution in [3.05, 3.63) is 88.9 Å². The largest absolute Gasteiger partial charge is 0.331 e. The van der Waals surface area contributed by atoms with Gasteiger partial charge in [-0.3, -0.25) is 4.79 Å². The van der Waals surface area contributed by atoms with E-state index in [1.165, 1.54) is 43.2 Å². The second kappa shape index (κ2) is 8.49. The highest BCUT2D eigenvalue weighted by Gasteiger charge is 2.18. The summed E-state index contributed by atoms with van der Waals surface area (Å²) in [5.41, 5.74) is 5.27. The minimum Gasteiger partial charge on any atom is -0.331 e. The maximum atomic E-state index is 13.2. The summed E-state index contributed by atoms with van der Waals surface area (Å²) in [6.07, 6.45) is 6.60. The summed E-state index contributed by atoms with van der Waals surface area (Å²) in [5.74, 6) is 0.623. The molecule has 5 rings (SSSR count). The molecule has 3 nitrogen and oxygen atoms in total. The van der Waals surface area contributed by atoms with Crippen LogP contribution in [0.4, 0.5) is 5.69 Å². The van der Waals surface area contributed by atoms with Gasteiger partial charge in [-0.1, -0.05) is 61.7 Å². The average Bonchev–Trinajstić information content (AvgIpc) is 3.38. The van der Waals surface area contributed by atoms with Crippen LogP contribution in [0.25, 0.3) is 10.2 Å². The van der Waals surface area contributed by atoms with Crippen molar-refractivity contribution < 1.29 is 4.79 Å². The summed E-state index contributed by atoms with van der Waals surface area (Å²) < 4.78 is 3.26. The highest BCUT2D eigenvalue weighted by Crippen LogP contribution is 2.33. The second-order valence-corrected chi connectivity index (χ2v) is 9.13. The fourth-order valence-corrected chi connectivity index (χ4v) is 5.39. The molecule has 1 N–H and O–H groups in total. The standard InChI is InChI=1S/C26H26N2OS/c29-26(27-22-13-11-21(12-14-22)20-9-5-2-6-10-20)24-17-25-23(15-16-30-25)28(24)18-19-7-3-1-4-8-19/h1,3-4,7-8,11-17,20H,2,5-6,9-10,18H2,(H,27,29). The molecule has 1 aliphatic rings. The predicted octanol–water partition coefficient (Wildman–Crippen LogP) is 7.05. The molecule has 4 aromatic rings. The van der Waals surface area contributed by atoms with Gasteiger partial charge in [0.2, 0.25) is 0 Å². The van der Waals surface area contributed by atoms with Crippen LogP contribution in [0.1, 0.15) is 59.6 Å². The quantitative estimate of drug-likeness (QED) is 0.373. The summed E-state index contributed by atoms with van der Waals surface area (Å²) >= 11 is 1.67. The van der Waals surface area contributed by atoms with Crippen LogP contribution in [-0.2, 0) is 6.54 Å². The summed E-state index contributed by atoms with van der Waals surface area (Å²) in [4.78, 5) is 13.2. The van der Waals surface area contributed by atoms with E-state index in [4.69, 9.17) is 0 Å². The number of fused-ring (bicyclic) bond motifs is 1. The van der Waals surface area contributed by atoms with Crippen molar-refractivity contribution in [2.45, 2.75) is 44.6 Å². The lowest BCUT2D eigenvalue weighted by Gasteiger charge is -2.22. The summed E-state index contributed by atoms with van der Waals surface area (Å²) in [5, 5.41) is 5.19. The fraction of sp³-hybridized carbons (Fsp3) is 0.269. The molecule has 0 unspecified atom stereocenters. The van der Waals surface area contributed by atoms with Crippen molar-refractivity contribution in [3.8, 4) is 0 Å². The van der Waals surface area contributed by atoms with Crippen molar-refractivity contribution >= 4 is 33.1 Å². The number of hydrogen-bond donors (Lipinski definition) is 1. The van der Waals surface area contributed by atoms with E-state index in [0.29, 0.717) is 18.2 Å². The normalized spacial score (nSPS) is 14.8. The Hall–Kier alpha value is -2.85. The molecule has 1 amide bonds. The van der Waals surface area contributed by atoms with Gasteiger partial charge in [-0.05, 0) is 59.5 Å². The fourth-order valence-electron chi connectivity index (χ4n) is 4.57. The molecule has 0 radical (unpaired) electrons. The molecule has 2 heterocycles. The van der Waals surface area contributed by atoms with E-state index in [2.05, 4.69) is 57.7 Å². The number of amides is 1. The van der Waals surface area contributed by atoms with Gasteiger partial charge in [0, 0.05) is 12.2 Å². The molecule has 4 heteroatoms. The van der Waals surface area contributed by atoms with E-state index < -0.39 is 0 Å². The van der Waals surface area contributed by atoms with Crippen LogP contribution in [0.15, 0.2) is 72.1 Å². The van der Waals surface area contributed by atoms with Crippen molar-refractivity contribution in [1.29, 1.82) is 0 Å². The lowest BCUT2D eigenvalue weighted by molar-refractivity contribution is 0.101. The van der Waals surface area contributed by atoms with Crippen molar-refractivity contribution in [2.75, 3.05) is 5.32 Å². The number of benzene rings is 2. The molecule has 1 saturated carbocycles. The van der Waals surface area contributed by atoms with E-state index in [1.807, 2.05) is 24.3 Å². The summed E-state index contributed by atoms with van der Waals surface area (Å²) in [7, 11) is 0. The topological polar surface area (TPSA) is 34.0 Å². The molecule has 1 aliphatic carbocycles. The first-order valence-corrected chi connectivity index (χ1v) is 11.7. The summed E-state index contributed by atoms with van der Waals surface area (Å²) in [6, 6.07) is 22.9. The van der Waals surface area contributed by atoms with Crippen LogP contribution in [-0.4, -0.2) is 10.5 Å². The Morgan fingerprint density at radius 3 is 2.50 bits per heavy atom. The first kappa shape index (κ1) is 19.1. The molecule has 0 aliphatic heterocycles. The van der Waals surface area contributed by atoms with Gasteiger partial charge in [-0.15, -0.1) is 11.3 Å². The molecule has 30 heavy (non-hydrogen) atoms. The number of rotatable bonds is 5. The van der Waals surface area contributed by atoms with Crippen molar-refractivity contribution in [3.63, 3.8) is 0 Å². The molecule has 0 bridgehead atoms. The average molecular weight is 415 g/mol. The van der Waals surface area contributed by atoms with E-state index in [9.17, 15) is 4.79 Å². The number of nitrogens with zero attached hydrogens (tertiary/aromatic N) is 1. The van der Waals surface area contributed by atoms with Gasteiger partial charge in [0.15, 0.2) is 0 Å². The number of anilines is 1. The zero-order valence-electron chi connectivity index (χ0n) is 17.0. The number of nitrogens with one attached hydrogen (secondary N) is 1. The molecule has 2 aromatic heterocycles. The van der Waals surface area contributed by atoms with E-state index >= 15 is 0 Å². The highest BCUT2D eigenvalue weighted by atomic mass is 32.1. The van der Waals surface area contributed by atoms with Gasteiger partial charge in [0.1, 0.15) is 5.69 Å². The molecular weight excluding hydrogens is 388 g/mol. The third-order valence-electron chi connectivity index (χ3n) is 6.18. The Morgan fingerprint density at radius 2 is 1.73 bits per heavy atom. The van der Waals surface area contributed by atoms with Crippen molar-refractivity contribution in [1.82, 2.24) is 4.57 Å². The Morgan fingerprint density at radius 1 is 0.967 bits per heavy atom. The number of carbonyl (C=O) groups is 1. The maximum Gasteiger partial charge on any atom is 0.272 e. The van der Waals surface area contributed by atoms with Crippen LogP contribution >= 0.6 is 11.3 Å². The van der Waals surface area contributed by atoms with Crippen LogP contribution in [0.3, 0.4) is 0 Å². The molecule has 0 spiro atoms. The van der Waals surface area contributed by atoms with Crippen LogP contribution in [0.5, 0.6) is 0 Å². The Balaban J connectivity index is 1.37. The summed E-state index contributed by atoms with van der Waals surface area (Å²) in [6.45, 7) is 0.685. The lowest BCUT2D eigenvalue weighted by Crippen LogP contribution is -2.17. The smallest absolute Gasteiger partial charge is 0.272 e. The number of aromatic nitrogens is 1. The first-order valence-electron chi connectivity index (χ1n) is 10.8. The SMILES string of the molecule is O=C(Nc1ccc(C2CCCCC2)cc1)c1cc2sccc2n1Cc1ccccc1. The van der Waals surface area contributed by atoms with Crippen LogP contribution in [0.2, 0.25) is 0 Å². The van der Waals surface area contributed by atoms with E-state index in [1.54, 1.807) is 11.3 Å². The number of thiophene rings is 1. The van der Waals surface area contributed by atoms with Gasteiger partial charge >= 0.3 is 0 Å². The van der Waals surface area contributed by atoms with Gasteiger partial charge < -0.3 is 9.88 Å². The zero-order chi connectivity index (χ0) is 20.3. The Kier molecular flexibility index (Phi) is 5.41. The minimum atomic E-state index is -0.0558. The molecule has 1 fully saturated rings. The predicted molar refractivity (Wildman–Crippen MR) is 126 cm³/mol. The monoisotopic (exact) mass is 414 g/mol. The third-order valence-corrected chi connectivity index (χ3v) is 7.04. The lowest BCUT2D eigenvalue weighted by atomic mass is 9.84. The zero-order valence-corrected chi connectivity index (χ0v) is 17.8. The third kappa shape index (κ3) is 3.92. The van der Waals surface area contributed by atoms with Crippen LogP contribution in [0, 0.1) is 0 Å². The molecule has 2 aromatic carbocycles. The number of hydrogen-bond acceptors (Lipinski definition) is 2. The van der Waals surface area contributed by atoms with Crippen LogP contribution < -0.4 is 5.32 Å². The Labute approximate surface area is 181 Å². The van der Waals surface area contributed by atoms with E-state index in [0.717, 1.165) is 15.9 Å². The minimum absolute atomic E-state index is 0.0558. The molecule has 152 valence electrons. The molecule has 0 atom stereocenters. The van der Waals surface area contributed by atoms with E-state index in [-0.39, 0.29) is 5.91 Å². The van der Waals surface area contributed by atoms with Gasteiger partial charge in [0.05, 0.1) is 10.2 Å². The Bertz CT molecular complexity index is 1130. The van der Waals surface area contributed by atoms with Gasteiger partial charge in [-0.25, -0.2) is 0 Å². The first-order chi connectivity index (χ1) is 14.8. The molecular formula is C26H26N2OS.